The van der Waals surface area contributed by atoms with Crippen LogP contribution >= 0.6 is 0 Å². The molecule has 0 fully saturated rings. The Bertz CT molecular complexity index is 532. The summed E-state index contributed by atoms with van der Waals surface area (Å²) in [5, 5.41) is 0. The van der Waals surface area contributed by atoms with E-state index in [0.717, 1.165) is 31.2 Å². The highest BCUT2D eigenvalue weighted by molar-refractivity contribution is 7.87. The van der Waals surface area contributed by atoms with Crippen molar-refractivity contribution in [3.8, 4) is 11.5 Å². The Labute approximate surface area is 100 Å². The van der Waals surface area contributed by atoms with Crippen LogP contribution in [-0.4, -0.2) is 19.9 Å². The number of carbonyl (C=O) groups excluding carboxylic acids is 1. The average molecular weight is 284 g/mol. The molecular formula is C9H7F3O5S. The SMILES string of the molecule is CC(=O)Oc1ccc(OS(=O)(=O)C(F)(F)F)cc1. The second kappa shape index (κ2) is 4.84. The molecule has 0 N–H and O–H groups in total. The molecule has 5 nitrogen and oxygen atoms in total. The summed E-state index contributed by atoms with van der Waals surface area (Å²) in [4.78, 5) is 10.6. The van der Waals surface area contributed by atoms with Gasteiger partial charge in [0.15, 0.2) is 0 Å². The third-order valence-electron chi connectivity index (χ3n) is 1.57. The van der Waals surface area contributed by atoms with Gasteiger partial charge < -0.3 is 8.92 Å². The van der Waals surface area contributed by atoms with Crippen molar-refractivity contribution in [2.45, 2.75) is 12.4 Å². The molecule has 9 heteroatoms. The van der Waals surface area contributed by atoms with Crippen LogP contribution in [0.5, 0.6) is 11.5 Å². The zero-order chi connectivity index (χ0) is 14.0. The summed E-state index contributed by atoms with van der Waals surface area (Å²) in [6.07, 6.45) is 0. The molecule has 0 bridgehead atoms. The van der Waals surface area contributed by atoms with Gasteiger partial charge in [0.25, 0.3) is 0 Å². The van der Waals surface area contributed by atoms with Crippen LogP contribution in [0.1, 0.15) is 6.92 Å². The molecule has 0 aliphatic carbocycles. The molecule has 18 heavy (non-hydrogen) atoms. The van der Waals surface area contributed by atoms with E-state index in [9.17, 15) is 26.4 Å². The molecule has 1 aromatic rings. The standard InChI is InChI=1S/C9H7F3O5S/c1-6(13)16-7-2-4-8(5-3-7)17-18(14,15)9(10,11)12/h2-5H,1H3. The predicted octanol–water partition coefficient (Wildman–Crippen LogP) is 1.84. The summed E-state index contributed by atoms with van der Waals surface area (Å²) >= 11 is 0. The number of alkyl halides is 3. The predicted molar refractivity (Wildman–Crippen MR) is 53.4 cm³/mol. The van der Waals surface area contributed by atoms with Gasteiger partial charge in [-0.05, 0) is 24.3 Å². The Morgan fingerprint density at radius 2 is 1.56 bits per heavy atom. The van der Waals surface area contributed by atoms with Crippen molar-refractivity contribution in [2.75, 3.05) is 0 Å². The molecule has 0 aliphatic rings. The van der Waals surface area contributed by atoms with Crippen molar-refractivity contribution in [1.29, 1.82) is 0 Å². The number of halogens is 3. The van der Waals surface area contributed by atoms with E-state index in [0.29, 0.717) is 0 Å². The summed E-state index contributed by atoms with van der Waals surface area (Å²) in [6, 6.07) is 4.06. The van der Waals surface area contributed by atoms with E-state index in [2.05, 4.69) is 8.92 Å². The quantitative estimate of drug-likeness (QED) is 0.366. The molecule has 1 rings (SSSR count). The van der Waals surface area contributed by atoms with Gasteiger partial charge in [-0.2, -0.15) is 21.6 Å². The van der Waals surface area contributed by atoms with Gasteiger partial charge in [-0.1, -0.05) is 0 Å². The van der Waals surface area contributed by atoms with Crippen LogP contribution in [0.25, 0.3) is 0 Å². The van der Waals surface area contributed by atoms with E-state index >= 15 is 0 Å². The molecular weight excluding hydrogens is 277 g/mol. The fourth-order valence-corrected chi connectivity index (χ4v) is 1.36. The maximum absolute atomic E-state index is 12.0. The molecule has 1 aromatic carbocycles. The lowest BCUT2D eigenvalue weighted by molar-refractivity contribution is -0.131. The van der Waals surface area contributed by atoms with Crippen LogP contribution in [0.3, 0.4) is 0 Å². The van der Waals surface area contributed by atoms with Gasteiger partial charge in [0.1, 0.15) is 11.5 Å². The average Bonchev–Trinajstić information content (AvgIpc) is 2.18. The summed E-state index contributed by atoms with van der Waals surface area (Å²) in [7, 11) is -5.69. The molecule has 0 heterocycles. The van der Waals surface area contributed by atoms with Crippen LogP contribution in [0.15, 0.2) is 24.3 Å². The number of rotatable bonds is 3. The Balaban J connectivity index is 2.85. The molecule has 0 amide bonds. The number of hydrogen-bond donors (Lipinski definition) is 0. The first-order chi connectivity index (χ1) is 8.12. The normalized spacial score (nSPS) is 12.0. The first-order valence-electron chi connectivity index (χ1n) is 4.41. The maximum Gasteiger partial charge on any atom is 0.534 e. The molecule has 100 valence electrons. The highest BCUT2D eigenvalue weighted by atomic mass is 32.2. The lowest BCUT2D eigenvalue weighted by Gasteiger charge is -2.09. The molecule has 0 aliphatic heterocycles. The molecule has 0 spiro atoms. The number of esters is 1. The second-order valence-corrected chi connectivity index (χ2v) is 4.59. The van der Waals surface area contributed by atoms with Crippen LogP contribution in [-0.2, 0) is 14.9 Å². The molecule has 0 saturated carbocycles. The van der Waals surface area contributed by atoms with Crippen LogP contribution in [0.2, 0.25) is 0 Å². The molecule has 0 unspecified atom stereocenters. The highest BCUT2D eigenvalue weighted by Gasteiger charge is 2.48. The Hall–Kier alpha value is -1.77. The Morgan fingerprint density at radius 1 is 1.11 bits per heavy atom. The van der Waals surface area contributed by atoms with Crippen LogP contribution < -0.4 is 8.92 Å². The largest absolute Gasteiger partial charge is 0.534 e. The second-order valence-electron chi connectivity index (χ2n) is 3.05. The maximum atomic E-state index is 12.0. The summed E-state index contributed by atoms with van der Waals surface area (Å²) in [5.41, 5.74) is -5.50. The van der Waals surface area contributed by atoms with E-state index in [1.54, 1.807) is 0 Å². The van der Waals surface area contributed by atoms with Crippen molar-refractivity contribution in [2.24, 2.45) is 0 Å². The minimum absolute atomic E-state index is 0.0549. The van der Waals surface area contributed by atoms with Crippen molar-refractivity contribution < 1.29 is 35.3 Å². The number of benzene rings is 1. The molecule has 0 radical (unpaired) electrons. The zero-order valence-corrected chi connectivity index (χ0v) is 9.71. The van der Waals surface area contributed by atoms with Gasteiger partial charge >= 0.3 is 21.6 Å². The monoisotopic (exact) mass is 284 g/mol. The summed E-state index contributed by atoms with van der Waals surface area (Å²) in [6.45, 7) is 1.14. The van der Waals surface area contributed by atoms with Crippen molar-refractivity contribution in [1.82, 2.24) is 0 Å². The summed E-state index contributed by atoms with van der Waals surface area (Å²) < 4.78 is 65.7. The zero-order valence-electron chi connectivity index (χ0n) is 8.89. The lowest BCUT2D eigenvalue weighted by Crippen LogP contribution is -2.28. The van der Waals surface area contributed by atoms with Crippen molar-refractivity contribution >= 4 is 16.1 Å². The lowest BCUT2D eigenvalue weighted by atomic mass is 10.3. The van der Waals surface area contributed by atoms with E-state index < -0.39 is 27.3 Å². The van der Waals surface area contributed by atoms with Gasteiger partial charge in [-0.3, -0.25) is 4.79 Å². The number of carbonyl (C=O) groups is 1. The molecule has 0 saturated heterocycles. The fourth-order valence-electron chi connectivity index (χ4n) is 0.903. The molecule has 0 aromatic heterocycles. The Kier molecular flexibility index (Phi) is 3.85. The van der Waals surface area contributed by atoms with Gasteiger partial charge in [0, 0.05) is 6.92 Å². The summed E-state index contributed by atoms with van der Waals surface area (Å²) in [5.74, 6) is -1.10. The van der Waals surface area contributed by atoms with Crippen molar-refractivity contribution in [3.05, 3.63) is 24.3 Å². The third kappa shape index (κ3) is 3.62. The van der Waals surface area contributed by atoms with Gasteiger partial charge in [-0.25, -0.2) is 0 Å². The van der Waals surface area contributed by atoms with Gasteiger partial charge in [0.2, 0.25) is 0 Å². The van der Waals surface area contributed by atoms with E-state index in [-0.39, 0.29) is 5.75 Å². The smallest absolute Gasteiger partial charge is 0.427 e. The number of hydrogen-bond acceptors (Lipinski definition) is 5. The minimum Gasteiger partial charge on any atom is -0.427 e. The molecule has 0 atom stereocenters. The topological polar surface area (TPSA) is 69.7 Å². The van der Waals surface area contributed by atoms with Gasteiger partial charge in [-0.15, -0.1) is 0 Å². The minimum atomic E-state index is -5.69. The first kappa shape index (κ1) is 14.3. The number of ether oxygens (including phenoxy) is 1. The fraction of sp³-hybridized carbons (Fsp3) is 0.222. The Morgan fingerprint density at radius 3 is 1.94 bits per heavy atom. The first-order valence-corrected chi connectivity index (χ1v) is 5.82. The van der Waals surface area contributed by atoms with Gasteiger partial charge in [0.05, 0.1) is 0 Å². The van der Waals surface area contributed by atoms with Crippen molar-refractivity contribution in [3.63, 3.8) is 0 Å². The van der Waals surface area contributed by atoms with E-state index in [1.807, 2.05) is 0 Å². The van der Waals surface area contributed by atoms with E-state index in [1.165, 1.54) is 0 Å². The van der Waals surface area contributed by atoms with Crippen LogP contribution in [0, 0.1) is 0 Å². The van der Waals surface area contributed by atoms with Crippen LogP contribution in [0.4, 0.5) is 13.2 Å². The van der Waals surface area contributed by atoms with E-state index in [4.69, 9.17) is 0 Å². The third-order valence-corrected chi connectivity index (χ3v) is 2.55. The highest BCUT2D eigenvalue weighted by Crippen LogP contribution is 2.27.